The van der Waals surface area contributed by atoms with E-state index in [2.05, 4.69) is 10.3 Å². The smallest absolute Gasteiger partial charge is 0.225 e. The lowest BCUT2D eigenvalue weighted by Gasteiger charge is -2.07. The highest BCUT2D eigenvalue weighted by Crippen LogP contribution is 2.25. The van der Waals surface area contributed by atoms with Gasteiger partial charge < -0.3 is 9.88 Å². The lowest BCUT2D eigenvalue weighted by atomic mass is 10.1. The fourth-order valence-corrected chi connectivity index (χ4v) is 1.81. The summed E-state index contributed by atoms with van der Waals surface area (Å²) in [5.74, 6) is 0.776. The molecule has 0 aliphatic rings. The Morgan fingerprint density at radius 1 is 1.33 bits per heavy atom. The number of carbonyl (C=O) groups excluding carboxylic acids is 1. The van der Waals surface area contributed by atoms with Crippen molar-refractivity contribution < 1.29 is 4.79 Å². The SMILES string of the molecule is CCCC(=O)Nc1c(-c2ccccc2)ncn1C. The second kappa shape index (κ2) is 5.49. The molecule has 1 N–H and O–H groups in total. The first kappa shape index (κ1) is 12.4. The van der Waals surface area contributed by atoms with Crippen LogP contribution in [-0.4, -0.2) is 15.5 Å². The maximum atomic E-state index is 11.7. The normalized spacial score (nSPS) is 10.3. The first-order valence-electron chi connectivity index (χ1n) is 6.09. The molecule has 0 aliphatic heterocycles. The summed E-state index contributed by atoms with van der Waals surface area (Å²) < 4.78 is 1.83. The number of amides is 1. The van der Waals surface area contributed by atoms with Gasteiger partial charge in [0.05, 0.1) is 6.33 Å². The predicted molar refractivity (Wildman–Crippen MR) is 72.2 cm³/mol. The number of benzene rings is 1. The minimum absolute atomic E-state index is 0.0262. The Hall–Kier alpha value is -2.10. The van der Waals surface area contributed by atoms with Crippen LogP contribution in [0.5, 0.6) is 0 Å². The molecule has 2 rings (SSSR count). The van der Waals surface area contributed by atoms with Crippen molar-refractivity contribution in [2.45, 2.75) is 19.8 Å². The fourth-order valence-electron chi connectivity index (χ4n) is 1.81. The lowest BCUT2D eigenvalue weighted by Crippen LogP contribution is -2.13. The molecule has 0 saturated heterocycles. The van der Waals surface area contributed by atoms with E-state index in [0.717, 1.165) is 23.5 Å². The monoisotopic (exact) mass is 243 g/mol. The number of hydrogen-bond acceptors (Lipinski definition) is 2. The molecular formula is C14H17N3O. The molecule has 18 heavy (non-hydrogen) atoms. The fraction of sp³-hybridized carbons (Fsp3) is 0.286. The Morgan fingerprint density at radius 3 is 2.72 bits per heavy atom. The average Bonchev–Trinajstić information content (AvgIpc) is 2.73. The lowest BCUT2D eigenvalue weighted by molar-refractivity contribution is -0.116. The third-order valence-electron chi connectivity index (χ3n) is 2.72. The van der Waals surface area contributed by atoms with E-state index in [1.165, 1.54) is 0 Å². The molecule has 0 spiro atoms. The summed E-state index contributed by atoms with van der Waals surface area (Å²) in [5.41, 5.74) is 1.81. The number of carbonyl (C=O) groups is 1. The number of hydrogen-bond donors (Lipinski definition) is 1. The van der Waals surface area contributed by atoms with Gasteiger partial charge in [-0.1, -0.05) is 37.3 Å². The van der Waals surface area contributed by atoms with Gasteiger partial charge >= 0.3 is 0 Å². The summed E-state index contributed by atoms with van der Waals surface area (Å²) in [6.45, 7) is 1.99. The molecule has 0 unspecified atom stereocenters. The molecule has 94 valence electrons. The highest BCUT2D eigenvalue weighted by atomic mass is 16.1. The van der Waals surface area contributed by atoms with Crippen LogP contribution in [0.1, 0.15) is 19.8 Å². The summed E-state index contributed by atoms with van der Waals surface area (Å²) in [7, 11) is 1.88. The van der Waals surface area contributed by atoms with Crippen molar-refractivity contribution in [3.05, 3.63) is 36.7 Å². The molecule has 0 fully saturated rings. The number of imidazole rings is 1. The molecule has 4 nitrogen and oxygen atoms in total. The zero-order chi connectivity index (χ0) is 13.0. The Kier molecular flexibility index (Phi) is 3.77. The van der Waals surface area contributed by atoms with Crippen molar-refractivity contribution in [2.75, 3.05) is 5.32 Å². The Balaban J connectivity index is 2.30. The zero-order valence-electron chi connectivity index (χ0n) is 10.7. The molecule has 4 heteroatoms. The summed E-state index contributed by atoms with van der Waals surface area (Å²) in [6.07, 6.45) is 3.08. The van der Waals surface area contributed by atoms with Gasteiger partial charge in [-0.05, 0) is 6.42 Å². The Bertz CT molecular complexity index is 531. The number of aromatic nitrogens is 2. The van der Waals surface area contributed by atoms with E-state index in [1.54, 1.807) is 6.33 Å². The minimum atomic E-state index is 0.0262. The molecule has 0 aliphatic carbocycles. The molecule has 1 aromatic carbocycles. The Morgan fingerprint density at radius 2 is 2.06 bits per heavy atom. The van der Waals surface area contributed by atoms with Crippen LogP contribution in [0.15, 0.2) is 36.7 Å². The third-order valence-corrected chi connectivity index (χ3v) is 2.72. The molecule has 0 radical (unpaired) electrons. The van der Waals surface area contributed by atoms with Gasteiger partial charge in [-0.3, -0.25) is 4.79 Å². The van der Waals surface area contributed by atoms with Gasteiger partial charge in [0.1, 0.15) is 11.5 Å². The predicted octanol–water partition coefficient (Wildman–Crippen LogP) is 2.83. The van der Waals surface area contributed by atoms with E-state index in [9.17, 15) is 4.79 Å². The number of aryl methyl sites for hydroxylation is 1. The van der Waals surface area contributed by atoms with Crippen LogP contribution in [0, 0.1) is 0 Å². The topological polar surface area (TPSA) is 46.9 Å². The second-order valence-corrected chi connectivity index (χ2v) is 4.22. The van der Waals surface area contributed by atoms with E-state index < -0.39 is 0 Å². The molecule has 0 bridgehead atoms. The van der Waals surface area contributed by atoms with Crippen LogP contribution in [-0.2, 0) is 11.8 Å². The van der Waals surface area contributed by atoms with Crippen molar-refractivity contribution in [3.8, 4) is 11.3 Å². The number of anilines is 1. The molecule has 1 heterocycles. The summed E-state index contributed by atoms with van der Waals surface area (Å²) >= 11 is 0. The second-order valence-electron chi connectivity index (χ2n) is 4.22. The van der Waals surface area contributed by atoms with Gasteiger partial charge in [0, 0.05) is 19.0 Å². The molecule has 1 amide bonds. The van der Waals surface area contributed by atoms with Crippen molar-refractivity contribution in [1.82, 2.24) is 9.55 Å². The van der Waals surface area contributed by atoms with Gasteiger partial charge in [-0.25, -0.2) is 4.98 Å². The van der Waals surface area contributed by atoms with E-state index in [-0.39, 0.29) is 5.91 Å². The largest absolute Gasteiger partial charge is 0.320 e. The first-order valence-corrected chi connectivity index (χ1v) is 6.09. The Labute approximate surface area is 107 Å². The van der Waals surface area contributed by atoms with Crippen LogP contribution < -0.4 is 5.32 Å². The number of nitrogens with one attached hydrogen (secondary N) is 1. The highest BCUT2D eigenvalue weighted by Gasteiger charge is 2.12. The average molecular weight is 243 g/mol. The maximum Gasteiger partial charge on any atom is 0.225 e. The van der Waals surface area contributed by atoms with E-state index in [0.29, 0.717) is 6.42 Å². The van der Waals surface area contributed by atoms with Gasteiger partial charge in [-0.15, -0.1) is 0 Å². The van der Waals surface area contributed by atoms with Gasteiger partial charge in [-0.2, -0.15) is 0 Å². The highest BCUT2D eigenvalue weighted by molar-refractivity contribution is 5.93. The van der Waals surface area contributed by atoms with E-state index >= 15 is 0 Å². The van der Waals surface area contributed by atoms with E-state index in [1.807, 2.05) is 48.9 Å². The third kappa shape index (κ3) is 2.59. The van der Waals surface area contributed by atoms with Crippen LogP contribution >= 0.6 is 0 Å². The standard InChI is InChI=1S/C14H17N3O/c1-3-7-12(18)16-14-13(15-10-17(14)2)11-8-5-4-6-9-11/h4-6,8-10H,3,7H2,1-2H3,(H,16,18). The van der Waals surface area contributed by atoms with Gasteiger partial charge in [0.15, 0.2) is 0 Å². The van der Waals surface area contributed by atoms with Crippen molar-refractivity contribution in [1.29, 1.82) is 0 Å². The quantitative estimate of drug-likeness (QED) is 0.897. The molecule has 0 atom stereocenters. The van der Waals surface area contributed by atoms with Crippen LogP contribution in [0.2, 0.25) is 0 Å². The summed E-state index contributed by atoms with van der Waals surface area (Å²) in [5, 5.41) is 2.92. The molecule has 1 aromatic heterocycles. The maximum absolute atomic E-state index is 11.7. The van der Waals surface area contributed by atoms with Crippen LogP contribution in [0.25, 0.3) is 11.3 Å². The number of nitrogens with zero attached hydrogens (tertiary/aromatic N) is 2. The van der Waals surface area contributed by atoms with Crippen molar-refractivity contribution >= 4 is 11.7 Å². The summed E-state index contributed by atoms with van der Waals surface area (Å²) in [4.78, 5) is 16.0. The first-order chi connectivity index (χ1) is 8.72. The van der Waals surface area contributed by atoms with Crippen LogP contribution in [0.3, 0.4) is 0 Å². The minimum Gasteiger partial charge on any atom is -0.320 e. The molecule has 2 aromatic rings. The molecular weight excluding hydrogens is 226 g/mol. The van der Waals surface area contributed by atoms with Gasteiger partial charge in [0.2, 0.25) is 5.91 Å². The zero-order valence-corrected chi connectivity index (χ0v) is 10.7. The van der Waals surface area contributed by atoms with Crippen molar-refractivity contribution in [3.63, 3.8) is 0 Å². The van der Waals surface area contributed by atoms with Gasteiger partial charge in [0.25, 0.3) is 0 Å². The van der Waals surface area contributed by atoms with Crippen molar-refractivity contribution in [2.24, 2.45) is 7.05 Å². The summed E-state index contributed by atoms with van der Waals surface area (Å²) in [6, 6.07) is 9.85. The van der Waals surface area contributed by atoms with E-state index in [4.69, 9.17) is 0 Å². The molecule has 0 saturated carbocycles. The number of rotatable bonds is 4. The van der Waals surface area contributed by atoms with Crippen LogP contribution in [0.4, 0.5) is 5.82 Å².